The van der Waals surface area contributed by atoms with Gasteiger partial charge >= 0.3 is 11.9 Å². The summed E-state index contributed by atoms with van der Waals surface area (Å²) in [5.74, 6) is -2.36. The molecule has 21 heavy (non-hydrogen) atoms. The van der Waals surface area contributed by atoms with Gasteiger partial charge in [-0.25, -0.2) is 9.59 Å². The first-order valence-electron chi connectivity index (χ1n) is 5.89. The van der Waals surface area contributed by atoms with E-state index in [0.29, 0.717) is 0 Å². The molecule has 1 aromatic rings. The number of nitrogens with zero attached hydrogens (tertiary/aromatic N) is 1. The van der Waals surface area contributed by atoms with Crippen molar-refractivity contribution in [3.05, 3.63) is 35.4 Å². The number of methoxy groups -OCH3 is 2. The molecular weight excluding hydrogens is 276 g/mol. The van der Waals surface area contributed by atoms with Crippen molar-refractivity contribution < 1.29 is 23.9 Å². The van der Waals surface area contributed by atoms with E-state index in [0.717, 1.165) is 7.11 Å². The van der Waals surface area contributed by atoms with Crippen LogP contribution in [-0.4, -0.2) is 37.6 Å². The zero-order valence-corrected chi connectivity index (χ0v) is 11.8. The fraction of sp³-hybridized carbons (Fsp3) is 0.286. The zero-order chi connectivity index (χ0) is 16.0. The van der Waals surface area contributed by atoms with Gasteiger partial charge in [0.2, 0.25) is 5.54 Å². The lowest BCUT2D eigenvalue weighted by atomic mass is 10.0. The molecule has 1 amide bonds. The topological polar surface area (TPSA) is 105 Å². The largest absolute Gasteiger partial charge is 0.466 e. The molecule has 0 saturated heterocycles. The summed E-state index contributed by atoms with van der Waals surface area (Å²) in [5.41, 5.74) is -1.83. The van der Waals surface area contributed by atoms with Gasteiger partial charge in [-0.2, -0.15) is 5.26 Å². The lowest BCUT2D eigenvalue weighted by Crippen LogP contribution is -2.52. The first-order chi connectivity index (χ1) is 9.89. The lowest BCUT2D eigenvalue weighted by molar-refractivity contribution is -0.145. The molecule has 0 aliphatic rings. The highest BCUT2D eigenvalue weighted by Crippen LogP contribution is 2.13. The molecule has 0 spiro atoms. The van der Waals surface area contributed by atoms with Crippen LogP contribution in [0.3, 0.4) is 0 Å². The Morgan fingerprint density at radius 2 is 1.71 bits per heavy atom. The number of carbonyl (C=O) groups excluding carboxylic acids is 3. The number of carbonyl (C=O) groups is 3. The van der Waals surface area contributed by atoms with Gasteiger partial charge in [0.25, 0.3) is 5.91 Å². The summed E-state index contributed by atoms with van der Waals surface area (Å²) in [5, 5.41) is 11.3. The third kappa shape index (κ3) is 3.36. The van der Waals surface area contributed by atoms with Gasteiger partial charge in [-0.3, -0.25) is 4.79 Å². The number of amides is 1. The van der Waals surface area contributed by atoms with Crippen molar-refractivity contribution in [3.8, 4) is 6.07 Å². The average Bonchev–Trinajstić information content (AvgIpc) is 2.52. The van der Waals surface area contributed by atoms with Gasteiger partial charge in [0, 0.05) is 0 Å². The van der Waals surface area contributed by atoms with Crippen molar-refractivity contribution in [2.75, 3.05) is 14.2 Å². The minimum Gasteiger partial charge on any atom is -0.466 e. The van der Waals surface area contributed by atoms with E-state index in [1.807, 2.05) is 0 Å². The lowest BCUT2D eigenvalue weighted by Gasteiger charge is -2.20. The molecule has 0 aromatic heterocycles. The first kappa shape index (κ1) is 16.2. The molecule has 1 rings (SSSR count). The minimum atomic E-state index is -1.85. The van der Waals surface area contributed by atoms with E-state index >= 15 is 0 Å². The Bertz CT molecular complexity index is 620. The monoisotopic (exact) mass is 290 g/mol. The van der Waals surface area contributed by atoms with Gasteiger partial charge < -0.3 is 14.8 Å². The fourth-order valence-corrected chi connectivity index (χ4v) is 1.59. The van der Waals surface area contributed by atoms with Crippen molar-refractivity contribution in [3.63, 3.8) is 0 Å². The van der Waals surface area contributed by atoms with Crippen LogP contribution in [0.2, 0.25) is 0 Å². The predicted octanol–water partition coefficient (Wildman–Crippen LogP) is 0.658. The highest BCUT2D eigenvalue weighted by Gasteiger charge is 2.37. The van der Waals surface area contributed by atoms with Gasteiger partial charge in [-0.15, -0.1) is 0 Å². The van der Waals surface area contributed by atoms with Crippen LogP contribution in [0.25, 0.3) is 0 Å². The summed E-state index contributed by atoms with van der Waals surface area (Å²) in [6.45, 7) is 1.21. The third-order valence-electron chi connectivity index (χ3n) is 2.76. The number of rotatable bonds is 4. The van der Waals surface area contributed by atoms with E-state index in [1.165, 1.54) is 26.2 Å². The van der Waals surface area contributed by atoms with Crippen LogP contribution in [0.4, 0.5) is 0 Å². The standard InChI is InChI=1S/C14H14N2O5/c1-14(8-15,13(19)21-3)16-11(17)9-6-4-5-7-10(9)12(18)20-2/h4-7H,1-3H3,(H,16,17). The van der Waals surface area contributed by atoms with Crippen molar-refractivity contribution in [1.29, 1.82) is 5.26 Å². The summed E-state index contributed by atoms with van der Waals surface area (Å²) in [6, 6.07) is 7.57. The molecule has 0 heterocycles. The van der Waals surface area contributed by atoms with Crippen molar-refractivity contribution in [1.82, 2.24) is 5.32 Å². The fourth-order valence-electron chi connectivity index (χ4n) is 1.59. The Morgan fingerprint density at radius 1 is 1.14 bits per heavy atom. The van der Waals surface area contributed by atoms with Crippen LogP contribution in [0.15, 0.2) is 24.3 Å². The normalized spacial score (nSPS) is 12.5. The summed E-state index contributed by atoms with van der Waals surface area (Å²) in [6.07, 6.45) is 0. The van der Waals surface area contributed by atoms with Crippen molar-refractivity contribution in [2.45, 2.75) is 12.5 Å². The van der Waals surface area contributed by atoms with Gasteiger partial charge in [-0.1, -0.05) is 12.1 Å². The molecule has 0 aliphatic carbocycles. The first-order valence-corrected chi connectivity index (χ1v) is 5.89. The Kier molecular flexibility index (Phi) is 5.02. The van der Waals surface area contributed by atoms with Crippen LogP contribution in [0.5, 0.6) is 0 Å². The summed E-state index contributed by atoms with van der Waals surface area (Å²) in [4.78, 5) is 35.4. The SMILES string of the molecule is COC(=O)c1ccccc1C(=O)NC(C)(C#N)C(=O)OC. The molecule has 1 aromatic carbocycles. The predicted molar refractivity (Wildman–Crippen MR) is 71.3 cm³/mol. The van der Waals surface area contributed by atoms with Crippen LogP contribution >= 0.6 is 0 Å². The second kappa shape index (κ2) is 6.52. The molecular formula is C14H14N2O5. The molecule has 7 heteroatoms. The van der Waals surface area contributed by atoms with E-state index in [2.05, 4.69) is 14.8 Å². The Hall–Kier alpha value is -2.88. The van der Waals surface area contributed by atoms with Crippen molar-refractivity contribution >= 4 is 17.8 Å². The number of nitriles is 1. The maximum Gasteiger partial charge on any atom is 0.346 e. The molecule has 0 radical (unpaired) electrons. The molecule has 0 aliphatic heterocycles. The van der Waals surface area contributed by atoms with Crippen LogP contribution in [-0.2, 0) is 14.3 Å². The van der Waals surface area contributed by atoms with E-state index in [-0.39, 0.29) is 11.1 Å². The summed E-state index contributed by atoms with van der Waals surface area (Å²) >= 11 is 0. The quantitative estimate of drug-likeness (QED) is 0.816. The highest BCUT2D eigenvalue weighted by molar-refractivity contribution is 6.07. The maximum absolute atomic E-state index is 12.2. The molecule has 0 bridgehead atoms. The number of hydrogen-bond acceptors (Lipinski definition) is 6. The Balaban J connectivity index is 3.14. The number of ether oxygens (including phenoxy) is 2. The molecule has 1 unspecified atom stereocenters. The van der Waals surface area contributed by atoms with E-state index < -0.39 is 23.4 Å². The van der Waals surface area contributed by atoms with Crippen LogP contribution in [0, 0.1) is 11.3 Å². The van der Waals surface area contributed by atoms with E-state index in [4.69, 9.17) is 5.26 Å². The third-order valence-corrected chi connectivity index (χ3v) is 2.76. The molecule has 1 atom stereocenters. The van der Waals surface area contributed by atoms with Crippen LogP contribution < -0.4 is 5.32 Å². The summed E-state index contributed by atoms with van der Waals surface area (Å²) in [7, 11) is 2.29. The van der Waals surface area contributed by atoms with Gasteiger partial charge in [0.15, 0.2) is 0 Å². The zero-order valence-electron chi connectivity index (χ0n) is 11.8. The Labute approximate surface area is 121 Å². The van der Waals surface area contributed by atoms with Gasteiger partial charge in [-0.05, 0) is 19.1 Å². The van der Waals surface area contributed by atoms with Gasteiger partial charge in [0.05, 0.1) is 25.3 Å². The minimum absolute atomic E-state index is 0.00488. The highest BCUT2D eigenvalue weighted by atomic mass is 16.5. The average molecular weight is 290 g/mol. The molecule has 0 saturated carbocycles. The summed E-state index contributed by atoms with van der Waals surface area (Å²) < 4.78 is 9.05. The second-order valence-corrected chi connectivity index (χ2v) is 4.22. The molecule has 7 nitrogen and oxygen atoms in total. The molecule has 0 fully saturated rings. The number of benzene rings is 1. The molecule has 110 valence electrons. The number of nitrogens with one attached hydrogen (secondary N) is 1. The van der Waals surface area contributed by atoms with Crippen molar-refractivity contribution in [2.24, 2.45) is 0 Å². The van der Waals surface area contributed by atoms with Crippen LogP contribution in [0.1, 0.15) is 27.6 Å². The maximum atomic E-state index is 12.2. The second-order valence-electron chi connectivity index (χ2n) is 4.22. The molecule has 1 N–H and O–H groups in total. The van der Waals surface area contributed by atoms with E-state index in [9.17, 15) is 14.4 Å². The van der Waals surface area contributed by atoms with Gasteiger partial charge in [0.1, 0.15) is 6.07 Å². The number of hydrogen-bond donors (Lipinski definition) is 1. The Morgan fingerprint density at radius 3 is 2.19 bits per heavy atom. The number of esters is 2. The van der Waals surface area contributed by atoms with E-state index in [1.54, 1.807) is 18.2 Å². The smallest absolute Gasteiger partial charge is 0.346 e.